The minimum Gasteiger partial charge on any atom is -0.369 e. The molecule has 7 heteroatoms. The maximum atomic E-state index is 11.1. The maximum absolute atomic E-state index is 11.1. The average molecular weight is 338 g/mol. The summed E-state index contributed by atoms with van der Waals surface area (Å²) >= 11 is 0. The first-order valence-electron chi connectivity index (χ1n) is 7.56. The van der Waals surface area contributed by atoms with Crippen molar-refractivity contribution < 1.29 is 4.79 Å². The number of rotatable bonds is 3. The molecule has 0 aromatic heterocycles. The van der Waals surface area contributed by atoms with Crippen LogP contribution in [-0.2, 0) is 11.2 Å². The Kier molecular flexibility index (Phi) is 7.54. The highest BCUT2D eigenvalue weighted by Gasteiger charge is 2.12. The summed E-state index contributed by atoms with van der Waals surface area (Å²) in [6.45, 7) is 3.41. The number of nitrogens with two attached hydrogens (primary N) is 2. The Bertz CT molecular complexity index is 577. The molecule has 0 saturated carbocycles. The van der Waals surface area contributed by atoms with Crippen molar-refractivity contribution in [3.8, 4) is 0 Å². The van der Waals surface area contributed by atoms with Gasteiger partial charge in [-0.25, -0.2) is 4.99 Å². The molecule has 4 N–H and O–H groups in total. The molecule has 1 fully saturated rings. The molecule has 6 nitrogen and oxygen atoms in total. The first-order valence-corrected chi connectivity index (χ1v) is 7.56. The van der Waals surface area contributed by atoms with E-state index in [1.165, 1.54) is 6.42 Å². The number of carbonyl (C=O) groups excluding carboxylic acids is 1. The highest BCUT2D eigenvalue weighted by molar-refractivity contribution is 5.94. The summed E-state index contributed by atoms with van der Waals surface area (Å²) in [5.74, 6) is 0.700. The third-order valence-electron chi connectivity index (χ3n) is 3.54. The number of piperidine rings is 1. The van der Waals surface area contributed by atoms with Crippen molar-refractivity contribution in [2.45, 2.75) is 32.6 Å². The summed E-state index contributed by atoms with van der Waals surface area (Å²) in [7, 11) is 0. The van der Waals surface area contributed by atoms with Crippen molar-refractivity contribution in [1.82, 2.24) is 4.90 Å². The van der Waals surface area contributed by atoms with Gasteiger partial charge in [-0.3, -0.25) is 4.79 Å². The maximum Gasteiger partial charge on any atom is 0.223 e. The van der Waals surface area contributed by atoms with Gasteiger partial charge in [0.15, 0.2) is 5.96 Å². The number of nitrogens with zero attached hydrogens (tertiary/aromatic N) is 3. The van der Waals surface area contributed by atoms with Crippen molar-refractivity contribution >= 4 is 35.8 Å². The minimum absolute atomic E-state index is 0. The van der Waals surface area contributed by atoms with E-state index in [1.54, 1.807) is 6.92 Å². The van der Waals surface area contributed by atoms with Gasteiger partial charge in [-0.2, -0.15) is 4.99 Å². The number of likely N-dealkylation sites (tertiary alicyclic amines) is 1. The summed E-state index contributed by atoms with van der Waals surface area (Å²) < 4.78 is 0. The number of ketones is 1. The quantitative estimate of drug-likeness (QED) is 0.651. The normalized spacial score (nSPS) is 16.0. The molecule has 0 atom stereocenters. The molecule has 0 spiro atoms. The minimum atomic E-state index is 0. The van der Waals surface area contributed by atoms with Gasteiger partial charge >= 0.3 is 0 Å². The fourth-order valence-corrected chi connectivity index (χ4v) is 2.44. The van der Waals surface area contributed by atoms with Gasteiger partial charge in [0.05, 0.1) is 5.69 Å². The highest BCUT2D eigenvalue weighted by Crippen LogP contribution is 2.14. The number of halogens is 1. The van der Waals surface area contributed by atoms with E-state index in [4.69, 9.17) is 11.5 Å². The molecule has 0 bridgehead atoms. The summed E-state index contributed by atoms with van der Waals surface area (Å²) in [6, 6.07) is 7.37. The molecule has 1 aromatic rings. The Morgan fingerprint density at radius 2 is 1.74 bits per heavy atom. The van der Waals surface area contributed by atoms with Crippen LogP contribution in [-0.4, -0.2) is 35.7 Å². The second kappa shape index (κ2) is 9.15. The molecule has 0 amide bonds. The van der Waals surface area contributed by atoms with Crippen LogP contribution in [0.4, 0.5) is 5.69 Å². The second-order valence-electron chi connectivity index (χ2n) is 5.53. The van der Waals surface area contributed by atoms with E-state index in [0.717, 1.165) is 31.5 Å². The van der Waals surface area contributed by atoms with Crippen LogP contribution in [0.1, 0.15) is 31.7 Å². The summed E-state index contributed by atoms with van der Waals surface area (Å²) in [5, 5.41) is 0. The lowest BCUT2D eigenvalue weighted by molar-refractivity contribution is -0.116. The van der Waals surface area contributed by atoms with Gasteiger partial charge in [-0.1, -0.05) is 12.1 Å². The first kappa shape index (κ1) is 19.0. The molecule has 2 rings (SSSR count). The standard InChI is InChI=1S/C16H23N5O.ClH/c1-12(22)11-13-5-7-14(8-6-13)19-15(17)20-16(18)21-9-3-2-4-10-21;/h5-8H,2-4,9-11H2,1H3,(H4,17,18,19,20);1H. The van der Waals surface area contributed by atoms with Crippen molar-refractivity contribution in [2.24, 2.45) is 21.5 Å². The Morgan fingerprint density at radius 3 is 2.30 bits per heavy atom. The van der Waals surface area contributed by atoms with E-state index in [-0.39, 0.29) is 24.1 Å². The molecular weight excluding hydrogens is 314 g/mol. The second-order valence-corrected chi connectivity index (χ2v) is 5.53. The molecular formula is C16H24ClN5O. The van der Waals surface area contributed by atoms with Crippen molar-refractivity contribution in [3.63, 3.8) is 0 Å². The topological polar surface area (TPSA) is 97.1 Å². The Hall–Kier alpha value is -2.08. The predicted octanol–water partition coefficient (Wildman–Crippen LogP) is 1.99. The molecule has 1 aliphatic rings. The Morgan fingerprint density at radius 1 is 1.13 bits per heavy atom. The third-order valence-corrected chi connectivity index (χ3v) is 3.54. The zero-order chi connectivity index (χ0) is 15.9. The average Bonchev–Trinajstić information content (AvgIpc) is 2.49. The van der Waals surface area contributed by atoms with E-state index in [1.807, 2.05) is 29.2 Å². The number of Topliss-reactive ketones (excluding diaryl/α,β-unsaturated/α-hetero) is 1. The van der Waals surface area contributed by atoms with Crippen LogP contribution in [0.15, 0.2) is 34.3 Å². The fourth-order valence-electron chi connectivity index (χ4n) is 2.44. The molecule has 126 valence electrons. The van der Waals surface area contributed by atoms with E-state index in [9.17, 15) is 4.79 Å². The van der Waals surface area contributed by atoms with Crippen LogP contribution in [0.5, 0.6) is 0 Å². The number of benzene rings is 1. The lowest BCUT2D eigenvalue weighted by Gasteiger charge is -2.27. The zero-order valence-corrected chi connectivity index (χ0v) is 14.2. The van der Waals surface area contributed by atoms with E-state index in [0.29, 0.717) is 18.1 Å². The number of aliphatic imine (C=N–C) groups is 2. The highest BCUT2D eigenvalue weighted by atomic mass is 35.5. The molecule has 23 heavy (non-hydrogen) atoms. The summed E-state index contributed by atoms with van der Waals surface area (Å²) in [6.07, 6.45) is 3.93. The lowest BCUT2D eigenvalue weighted by atomic mass is 10.1. The molecule has 1 aliphatic heterocycles. The number of guanidine groups is 2. The first-order chi connectivity index (χ1) is 10.5. The molecule has 1 heterocycles. The van der Waals surface area contributed by atoms with E-state index < -0.39 is 0 Å². The fraction of sp³-hybridized carbons (Fsp3) is 0.438. The Labute approximate surface area is 143 Å². The number of carbonyl (C=O) groups is 1. The summed E-state index contributed by atoms with van der Waals surface area (Å²) in [5.41, 5.74) is 13.4. The van der Waals surface area contributed by atoms with Gasteiger partial charge in [0.2, 0.25) is 5.96 Å². The molecule has 0 unspecified atom stereocenters. The van der Waals surface area contributed by atoms with Crippen molar-refractivity contribution in [3.05, 3.63) is 29.8 Å². The van der Waals surface area contributed by atoms with Gasteiger partial charge < -0.3 is 16.4 Å². The van der Waals surface area contributed by atoms with Gasteiger partial charge in [0, 0.05) is 19.5 Å². The van der Waals surface area contributed by atoms with Gasteiger partial charge in [-0.15, -0.1) is 12.4 Å². The molecule has 1 saturated heterocycles. The third kappa shape index (κ3) is 6.28. The number of hydrogen-bond donors (Lipinski definition) is 2. The van der Waals surface area contributed by atoms with Crippen LogP contribution in [0, 0.1) is 0 Å². The largest absolute Gasteiger partial charge is 0.369 e. The summed E-state index contributed by atoms with van der Waals surface area (Å²) in [4.78, 5) is 21.5. The smallest absolute Gasteiger partial charge is 0.223 e. The predicted molar refractivity (Wildman–Crippen MR) is 96.4 cm³/mol. The molecule has 0 aliphatic carbocycles. The molecule has 1 aromatic carbocycles. The van der Waals surface area contributed by atoms with Crippen LogP contribution >= 0.6 is 12.4 Å². The lowest BCUT2D eigenvalue weighted by Crippen LogP contribution is -2.41. The monoisotopic (exact) mass is 337 g/mol. The Balaban J connectivity index is 0.00000264. The number of hydrogen-bond acceptors (Lipinski definition) is 2. The van der Waals surface area contributed by atoms with Crippen molar-refractivity contribution in [2.75, 3.05) is 13.1 Å². The van der Waals surface area contributed by atoms with Crippen LogP contribution in [0.3, 0.4) is 0 Å². The zero-order valence-electron chi connectivity index (χ0n) is 13.4. The van der Waals surface area contributed by atoms with Gasteiger partial charge in [-0.05, 0) is 43.9 Å². The van der Waals surface area contributed by atoms with Crippen LogP contribution in [0.2, 0.25) is 0 Å². The van der Waals surface area contributed by atoms with Gasteiger partial charge in [0.1, 0.15) is 5.78 Å². The SMILES string of the molecule is CC(=O)Cc1ccc(N=C(N)N=C(N)N2CCCCC2)cc1.Cl. The molecule has 0 radical (unpaired) electrons. The van der Waals surface area contributed by atoms with E-state index >= 15 is 0 Å². The van der Waals surface area contributed by atoms with Crippen molar-refractivity contribution in [1.29, 1.82) is 0 Å². The van der Waals surface area contributed by atoms with E-state index in [2.05, 4.69) is 9.98 Å². The van der Waals surface area contributed by atoms with Crippen LogP contribution < -0.4 is 11.5 Å². The van der Waals surface area contributed by atoms with Crippen LogP contribution in [0.25, 0.3) is 0 Å². The van der Waals surface area contributed by atoms with Gasteiger partial charge in [0.25, 0.3) is 0 Å².